The van der Waals surface area contributed by atoms with Gasteiger partial charge in [0.15, 0.2) is 11.7 Å². The van der Waals surface area contributed by atoms with Crippen LogP contribution in [0, 0.1) is 0 Å². The summed E-state index contributed by atoms with van der Waals surface area (Å²) in [6.45, 7) is -0.320. The molecular weight excluding hydrogens is 486 g/mol. The van der Waals surface area contributed by atoms with Gasteiger partial charge in [-0.15, -0.1) is 0 Å². The lowest BCUT2D eigenvalue weighted by molar-refractivity contribution is -0.123. The first kappa shape index (κ1) is 22.6. The maximum atomic E-state index is 12.1. The van der Waals surface area contributed by atoms with Gasteiger partial charge in [0.2, 0.25) is 0 Å². The van der Waals surface area contributed by atoms with E-state index in [0.717, 1.165) is 4.47 Å². The molecule has 29 heavy (non-hydrogen) atoms. The van der Waals surface area contributed by atoms with E-state index >= 15 is 0 Å². The minimum Gasteiger partial charge on any atom is -0.482 e. The van der Waals surface area contributed by atoms with Crippen LogP contribution in [0.4, 0.5) is 0 Å². The minimum atomic E-state index is -0.539. The molecule has 152 valence electrons. The fourth-order valence-electron chi connectivity index (χ4n) is 1.98. The van der Waals surface area contributed by atoms with Crippen LogP contribution in [0.25, 0.3) is 0 Å². The molecule has 2 amide bonds. The summed E-state index contributed by atoms with van der Waals surface area (Å²) in [5, 5.41) is 2.61. The molecule has 2 aromatic rings. The number of carbonyl (C=O) groups is 3. The molecule has 3 N–H and O–H groups in total. The number of hydrazine groups is 1. The second-order valence-corrected chi connectivity index (χ2v) is 7.12. The van der Waals surface area contributed by atoms with Crippen molar-refractivity contribution in [2.45, 2.75) is 0 Å². The number of esters is 1. The van der Waals surface area contributed by atoms with Gasteiger partial charge in [-0.1, -0.05) is 27.5 Å². The fourth-order valence-corrected chi connectivity index (χ4v) is 2.85. The Balaban J connectivity index is 1.77. The van der Waals surface area contributed by atoms with Crippen molar-refractivity contribution in [1.82, 2.24) is 16.2 Å². The lowest BCUT2D eigenvalue weighted by atomic mass is 10.1. The number of thiocarbonyl (C=S) groups is 1. The third-order valence-corrected chi connectivity index (χ3v) is 4.36. The number of carbonyl (C=O) groups excluding carboxylic acids is 3. The number of hydrogen-bond acceptors (Lipinski definition) is 6. The number of rotatable bonds is 5. The van der Waals surface area contributed by atoms with E-state index in [-0.39, 0.29) is 17.3 Å². The molecule has 0 spiro atoms. The number of halogens is 2. The number of methoxy groups -OCH3 is 1. The second-order valence-electron chi connectivity index (χ2n) is 5.39. The Bertz CT molecular complexity index is 940. The van der Waals surface area contributed by atoms with Crippen LogP contribution in [-0.2, 0) is 9.53 Å². The topological polar surface area (TPSA) is 106 Å². The summed E-state index contributed by atoms with van der Waals surface area (Å²) >= 11 is 14.2. The Kier molecular flexibility index (Phi) is 8.37. The van der Waals surface area contributed by atoms with Crippen LogP contribution in [0.1, 0.15) is 20.7 Å². The molecule has 0 aliphatic carbocycles. The van der Waals surface area contributed by atoms with Gasteiger partial charge >= 0.3 is 5.97 Å². The van der Waals surface area contributed by atoms with E-state index in [1.54, 1.807) is 18.2 Å². The van der Waals surface area contributed by atoms with Gasteiger partial charge in [0.1, 0.15) is 5.75 Å². The number of hydrogen-bond donors (Lipinski definition) is 3. The number of benzene rings is 2. The van der Waals surface area contributed by atoms with E-state index in [2.05, 4.69) is 36.8 Å². The molecule has 0 bridgehead atoms. The summed E-state index contributed by atoms with van der Waals surface area (Å²) in [4.78, 5) is 35.3. The highest BCUT2D eigenvalue weighted by Crippen LogP contribution is 2.27. The molecule has 0 saturated heterocycles. The van der Waals surface area contributed by atoms with Gasteiger partial charge in [0, 0.05) is 10.0 Å². The van der Waals surface area contributed by atoms with Gasteiger partial charge in [0.05, 0.1) is 17.7 Å². The minimum absolute atomic E-state index is 0.123. The lowest BCUT2D eigenvalue weighted by Crippen LogP contribution is -2.49. The molecule has 0 atom stereocenters. The molecule has 8 nitrogen and oxygen atoms in total. The Morgan fingerprint density at radius 1 is 1.07 bits per heavy atom. The molecule has 11 heteroatoms. The summed E-state index contributed by atoms with van der Waals surface area (Å²) in [5.41, 5.74) is 5.25. The van der Waals surface area contributed by atoms with Crippen LogP contribution in [0.2, 0.25) is 5.02 Å². The summed E-state index contributed by atoms with van der Waals surface area (Å²) in [7, 11) is 1.26. The quantitative estimate of drug-likeness (QED) is 0.329. The molecule has 2 aromatic carbocycles. The van der Waals surface area contributed by atoms with E-state index in [4.69, 9.17) is 28.6 Å². The molecule has 0 fully saturated rings. The van der Waals surface area contributed by atoms with Crippen molar-refractivity contribution >= 4 is 62.6 Å². The highest BCUT2D eigenvalue weighted by atomic mass is 79.9. The standard InChI is InChI=1S/C18H15BrClN3O5S/c1-27-17(26)11-4-2-10(3-5-11)16(25)21-18(29)23-22-15(24)9-28-14-7-6-12(19)8-13(14)20/h2-8H,9H2,1H3,(H,22,24)(H2,21,23,25,29). The third kappa shape index (κ3) is 7.00. The third-order valence-electron chi connectivity index (χ3n) is 3.36. The average molecular weight is 501 g/mol. The summed E-state index contributed by atoms with van der Waals surface area (Å²) < 4.78 is 10.7. The SMILES string of the molecule is COC(=O)c1ccc(C(=O)NC(=S)NNC(=O)COc2ccc(Br)cc2Cl)cc1. The lowest BCUT2D eigenvalue weighted by Gasteiger charge is -2.12. The zero-order valence-electron chi connectivity index (χ0n) is 15.0. The van der Waals surface area contributed by atoms with Crippen molar-refractivity contribution in [1.29, 1.82) is 0 Å². The second kappa shape index (κ2) is 10.7. The molecule has 0 aliphatic rings. The molecule has 0 heterocycles. The monoisotopic (exact) mass is 499 g/mol. The van der Waals surface area contributed by atoms with E-state index in [1.165, 1.54) is 31.4 Å². The van der Waals surface area contributed by atoms with Crippen molar-refractivity contribution in [3.63, 3.8) is 0 Å². The first-order chi connectivity index (χ1) is 13.8. The summed E-state index contributed by atoms with van der Waals surface area (Å²) in [5.74, 6) is -1.23. The predicted octanol–water partition coefficient (Wildman–Crippen LogP) is 2.60. The largest absolute Gasteiger partial charge is 0.482 e. The fraction of sp³-hybridized carbons (Fsp3) is 0.111. The zero-order chi connectivity index (χ0) is 21.4. The van der Waals surface area contributed by atoms with Crippen LogP contribution < -0.4 is 20.9 Å². The molecule has 0 unspecified atom stereocenters. The molecular formula is C18H15BrClN3O5S. The number of ether oxygens (including phenoxy) is 2. The van der Waals surface area contributed by atoms with E-state index in [9.17, 15) is 14.4 Å². The van der Waals surface area contributed by atoms with Gasteiger partial charge in [-0.3, -0.25) is 25.8 Å². The van der Waals surface area contributed by atoms with Crippen LogP contribution in [0.15, 0.2) is 46.9 Å². The number of nitrogens with one attached hydrogen (secondary N) is 3. The number of amides is 2. The Labute approximate surface area is 185 Å². The van der Waals surface area contributed by atoms with Crippen molar-refractivity contribution in [2.24, 2.45) is 0 Å². The summed E-state index contributed by atoms with van der Waals surface area (Å²) in [6.07, 6.45) is 0. The summed E-state index contributed by atoms with van der Waals surface area (Å²) in [6, 6.07) is 10.8. The van der Waals surface area contributed by atoms with Gasteiger partial charge in [0.25, 0.3) is 11.8 Å². The van der Waals surface area contributed by atoms with E-state index in [1.807, 2.05) is 0 Å². The Hall–Kier alpha value is -2.69. The zero-order valence-corrected chi connectivity index (χ0v) is 18.1. The maximum absolute atomic E-state index is 12.1. The van der Waals surface area contributed by atoms with Gasteiger partial charge < -0.3 is 9.47 Å². The average Bonchev–Trinajstić information content (AvgIpc) is 2.71. The Morgan fingerprint density at radius 2 is 1.72 bits per heavy atom. The van der Waals surface area contributed by atoms with E-state index < -0.39 is 17.8 Å². The van der Waals surface area contributed by atoms with Gasteiger partial charge in [-0.2, -0.15) is 0 Å². The maximum Gasteiger partial charge on any atom is 0.337 e. The molecule has 0 saturated carbocycles. The van der Waals surface area contributed by atoms with Crippen molar-refractivity contribution in [2.75, 3.05) is 13.7 Å². The first-order valence-corrected chi connectivity index (χ1v) is 9.54. The molecule has 2 rings (SSSR count). The molecule has 0 aliphatic heterocycles. The van der Waals surface area contributed by atoms with Crippen LogP contribution in [0.3, 0.4) is 0 Å². The van der Waals surface area contributed by atoms with Gasteiger partial charge in [-0.05, 0) is 54.7 Å². The van der Waals surface area contributed by atoms with Gasteiger partial charge in [-0.25, -0.2) is 4.79 Å². The predicted molar refractivity (Wildman–Crippen MR) is 114 cm³/mol. The van der Waals surface area contributed by atoms with Crippen molar-refractivity contribution < 1.29 is 23.9 Å². The van der Waals surface area contributed by atoms with Crippen LogP contribution in [0.5, 0.6) is 5.75 Å². The Morgan fingerprint density at radius 3 is 2.34 bits per heavy atom. The normalized spacial score (nSPS) is 9.90. The highest BCUT2D eigenvalue weighted by Gasteiger charge is 2.11. The van der Waals surface area contributed by atoms with E-state index in [0.29, 0.717) is 16.3 Å². The van der Waals surface area contributed by atoms with Crippen molar-refractivity contribution in [3.8, 4) is 5.75 Å². The highest BCUT2D eigenvalue weighted by molar-refractivity contribution is 9.10. The molecule has 0 aromatic heterocycles. The van der Waals surface area contributed by atoms with Crippen molar-refractivity contribution in [3.05, 3.63) is 63.1 Å². The molecule has 0 radical (unpaired) electrons. The first-order valence-electron chi connectivity index (χ1n) is 7.96. The van der Waals surface area contributed by atoms with Crippen LogP contribution in [-0.4, -0.2) is 36.6 Å². The van der Waals surface area contributed by atoms with Crippen LogP contribution >= 0.6 is 39.7 Å². The smallest absolute Gasteiger partial charge is 0.337 e.